The van der Waals surface area contributed by atoms with Crippen LogP contribution in [0.4, 0.5) is 4.39 Å². The van der Waals surface area contributed by atoms with Crippen molar-refractivity contribution in [1.82, 2.24) is 19.3 Å². The van der Waals surface area contributed by atoms with E-state index in [9.17, 15) is 9.18 Å². The number of fused-ring (bicyclic) bond motifs is 2. The van der Waals surface area contributed by atoms with Crippen molar-refractivity contribution >= 4 is 21.8 Å². The molecule has 2 aromatic carbocycles. The maximum absolute atomic E-state index is 13.7. The highest BCUT2D eigenvalue weighted by Gasteiger charge is 2.09. The Morgan fingerprint density at radius 1 is 0.971 bits per heavy atom. The quantitative estimate of drug-likeness (QED) is 0.382. The van der Waals surface area contributed by atoms with Crippen LogP contribution in [0.3, 0.4) is 0 Å². The van der Waals surface area contributed by atoms with Gasteiger partial charge in [-0.15, -0.1) is 0 Å². The van der Waals surface area contributed by atoms with Crippen LogP contribution in [0.1, 0.15) is 0 Å². The molecule has 0 spiro atoms. The Kier molecular flexibility index (Phi) is 5.92. The molecule has 3 heterocycles. The molecule has 0 aliphatic carbocycles. The second-order valence-corrected chi connectivity index (χ2v) is 7.55. The van der Waals surface area contributed by atoms with E-state index in [2.05, 4.69) is 10.1 Å². The second-order valence-electron chi connectivity index (χ2n) is 7.55. The van der Waals surface area contributed by atoms with Crippen LogP contribution >= 0.6 is 0 Å². The summed E-state index contributed by atoms with van der Waals surface area (Å²) in [6.45, 7) is 0.567. The number of aromatic nitrogens is 4. The summed E-state index contributed by atoms with van der Waals surface area (Å²) in [7, 11) is 0. The molecule has 34 heavy (non-hydrogen) atoms. The Bertz CT molecular complexity index is 1530. The third-order valence-corrected chi connectivity index (χ3v) is 5.35. The Balaban J connectivity index is 1.34. The van der Waals surface area contributed by atoms with Crippen molar-refractivity contribution in [1.29, 1.82) is 0 Å². The zero-order valence-corrected chi connectivity index (χ0v) is 18.1. The van der Waals surface area contributed by atoms with E-state index < -0.39 is 0 Å². The minimum Gasteiger partial charge on any atom is -0.491 e. The molecule has 0 unspecified atom stereocenters. The van der Waals surface area contributed by atoms with Gasteiger partial charge in [-0.1, -0.05) is 0 Å². The lowest BCUT2D eigenvalue weighted by Crippen LogP contribution is -2.26. The molecule has 0 aliphatic heterocycles. The van der Waals surface area contributed by atoms with Crippen molar-refractivity contribution < 1.29 is 19.0 Å². The molecule has 3 aromatic heterocycles. The van der Waals surface area contributed by atoms with Gasteiger partial charge in [-0.3, -0.25) is 14.3 Å². The molecule has 8 nitrogen and oxygen atoms in total. The molecule has 172 valence electrons. The van der Waals surface area contributed by atoms with Crippen molar-refractivity contribution in [3.63, 3.8) is 0 Å². The molecule has 0 bridgehead atoms. The molecule has 5 aromatic rings. The molecule has 0 saturated heterocycles. The fourth-order valence-electron chi connectivity index (χ4n) is 3.75. The number of aliphatic hydroxyl groups excluding tert-OH is 1. The summed E-state index contributed by atoms with van der Waals surface area (Å²) in [5.41, 5.74) is 1.09. The number of ether oxygens (including phenoxy) is 2. The maximum atomic E-state index is 13.7. The van der Waals surface area contributed by atoms with E-state index in [1.807, 2.05) is 12.1 Å². The highest BCUT2D eigenvalue weighted by molar-refractivity contribution is 5.86. The number of nitrogens with zero attached hydrogens (tertiary/aromatic N) is 4. The molecular formula is C25H21FN4O4. The van der Waals surface area contributed by atoms with E-state index in [1.165, 1.54) is 22.9 Å². The van der Waals surface area contributed by atoms with E-state index in [4.69, 9.17) is 14.6 Å². The number of hydrogen-bond donors (Lipinski definition) is 1. The molecule has 0 fully saturated rings. The van der Waals surface area contributed by atoms with Crippen LogP contribution in [0, 0.1) is 5.82 Å². The number of benzene rings is 2. The van der Waals surface area contributed by atoms with Crippen LogP contribution in [0.5, 0.6) is 11.5 Å². The number of hydrogen-bond acceptors (Lipinski definition) is 6. The third kappa shape index (κ3) is 4.33. The third-order valence-electron chi connectivity index (χ3n) is 5.35. The average Bonchev–Trinajstić information content (AvgIpc) is 3.27. The van der Waals surface area contributed by atoms with Gasteiger partial charge in [0.05, 0.1) is 24.2 Å². The van der Waals surface area contributed by atoms with Crippen molar-refractivity contribution in [2.75, 3.05) is 19.8 Å². The summed E-state index contributed by atoms with van der Waals surface area (Å²) in [4.78, 5) is 16.7. The summed E-state index contributed by atoms with van der Waals surface area (Å²) in [6, 6.07) is 16.6. The fraction of sp³-hybridized carbons (Fsp3) is 0.160. The summed E-state index contributed by atoms with van der Waals surface area (Å²) in [5.74, 6) is 1.39. The predicted octanol–water partition coefficient (Wildman–Crippen LogP) is 3.32. The zero-order chi connectivity index (χ0) is 23.5. The van der Waals surface area contributed by atoms with Gasteiger partial charge in [0, 0.05) is 35.3 Å². The topological polar surface area (TPSA) is 91.4 Å². The normalized spacial score (nSPS) is 11.2. The largest absolute Gasteiger partial charge is 0.491 e. The van der Waals surface area contributed by atoms with Crippen LogP contribution in [-0.2, 0) is 6.54 Å². The van der Waals surface area contributed by atoms with Gasteiger partial charge in [0.25, 0.3) is 5.56 Å². The van der Waals surface area contributed by atoms with Gasteiger partial charge in [0.1, 0.15) is 30.5 Å². The first-order valence-corrected chi connectivity index (χ1v) is 10.7. The molecule has 0 atom stereocenters. The number of halogens is 1. The Morgan fingerprint density at radius 3 is 2.76 bits per heavy atom. The minimum absolute atomic E-state index is 0.0688. The Hall–Kier alpha value is -4.24. The molecule has 5 rings (SSSR count). The number of pyridine rings is 1. The van der Waals surface area contributed by atoms with Gasteiger partial charge in [-0.05, 0) is 48.5 Å². The molecule has 0 amide bonds. The van der Waals surface area contributed by atoms with E-state index in [0.29, 0.717) is 28.4 Å². The number of rotatable bonds is 8. The van der Waals surface area contributed by atoms with Gasteiger partial charge >= 0.3 is 0 Å². The van der Waals surface area contributed by atoms with Crippen LogP contribution in [0.25, 0.3) is 27.6 Å². The van der Waals surface area contributed by atoms with Gasteiger partial charge in [-0.2, -0.15) is 5.10 Å². The van der Waals surface area contributed by atoms with Gasteiger partial charge < -0.3 is 14.6 Å². The summed E-state index contributed by atoms with van der Waals surface area (Å²) < 4.78 is 28.2. The summed E-state index contributed by atoms with van der Waals surface area (Å²) in [5, 5.41) is 15.0. The molecule has 9 heteroatoms. The second kappa shape index (κ2) is 9.32. The van der Waals surface area contributed by atoms with Gasteiger partial charge in [0.2, 0.25) is 0 Å². The highest BCUT2D eigenvalue weighted by Crippen LogP contribution is 2.27. The Morgan fingerprint density at radius 2 is 1.88 bits per heavy atom. The molecule has 0 aliphatic rings. The van der Waals surface area contributed by atoms with Crippen molar-refractivity contribution in [3.8, 4) is 17.3 Å². The minimum atomic E-state index is -0.342. The van der Waals surface area contributed by atoms with Crippen molar-refractivity contribution in [3.05, 3.63) is 89.2 Å². The van der Waals surface area contributed by atoms with Crippen LogP contribution < -0.4 is 15.0 Å². The standard InChI is InChI=1S/C25H21FN4O4/c26-18-2-1-17-8-10-29(22(17)15-18)24-5-6-25(32)30(28-24)11-13-34-23-7-9-27-21-16-19(33-14-12-31)3-4-20(21)23/h1-10,15-16,31H,11-14H2. The highest BCUT2D eigenvalue weighted by atomic mass is 19.1. The smallest absolute Gasteiger partial charge is 0.266 e. The van der Waals surface area contributed by atoms with Crippen LogP contribution in [0.15, 0.2) is 77.9 Å². The van der Waals surface area contributed by atoms with E-state index in [-0.39, 0.29) is 37.7 Å². The molecule has 1 N–H and O–H groups in total. The lowest BCUT2D eigenvalue weighted by Gasteiger charge is -2.12. The monoisotopic (exact) mass is 460 g/mol. The van der Waals surface area contributed by atoms with Crippen molar-refractivity contribution in [2.24, 2.45) is 0 Å². The predicted molar refractivity (Wildman–Crippen MR) is 125 cm³/mol. The molecule has 0 radical (unpaired) electrons. The van der Waals surface area contributed by atoms with Gasteiger partial charge in [0.15, 0.2) is 5.82 Å². The van der Waals surface area contributed by atoms with Crippen molar-refractivity contribution in [2.45, 2.75) is 6.54 Å². The first kappa shape index (κ1) is 21.6. The molecule has 0 saturated carbocycles. The first-order chi connectivity index (χ1) is 16.6. The lowest BCUT2D eigenvalue weighted by molar-refractivity contribution is 0.201. The fourth-order valence-corrected chi connectivity index (χ4v) is 3.75. The van der Waals surface area contributed by atoms with E-state index in [1.54, 1.807) is 47.3 Å². The zero-order valence-electron chi connectivity index (χ0n) is 18.1. The number of aliphatic hydroxyl groups is 1. The van der Waals surface area contributed by atoms with E-state index >= 15 is 0 Å². The average molecular weight is 460 g/mol. The maximum Gasteiger partial charge on any atom is 0.266 e. The molecular weight excluding hydrogens is 439 g/mol. The van der Waals surface area contributed by atoms with Crippen LogP contribution in [-0.4, -0.2) is 44.3 Å². The van der Waals surface area contributed by atoms with Gasteiger partial charge in [-0.25, -0.2) is 9.07 Å². The van der Waals surface area contributed by atoms with E-state index in [0.717, 1.165) is 10.8 Å². The van der Waals surface area contributed by atoms with Crippen LogP contribution in [0.2, 0.25) is 0 Å². The Labute approximate surface area is 193 Å². The first-order valence-electron chi connectivity index (χ1n) is 10.7. The SMILES string of the molecule is O=c1ccc(-n2ccc3ccc(F)cc32)nn1CCOc1ccnc2cc(OCCO)ccc12. The summed E-state index contributed by atoms with van der Waals surface area (Å²) in [6.07, 6.45) is 3.42. The summed E-state index contributed by atoms with van der Waals surface area (Å²) >= 11 is 0. The lowest BCUT2D eigenvalue weighted by atomic mass is 10.2.